The zero-order chi connectivity index (χ0) is 29.5. The number of rotatable bonds is 3. The lowest BCUT2D eigenvalue weighted by atomic mass is 10.0. The minimum Gasteiger partial charge on any atom is -0.456 e. The molecule has 0 saturated heterocycles. The molecule has 0 aliphatic rings. The molecule has 0 spiro atoms. The van der Waals surface area contributed by atoms with Gasteiger partial charge in [0.05, 0.1) is 22.1 Å². The molecule has 0 N–H and O–H groups in total. The highest BCUT2D eigenvalue weighted by molar-refractivity contribution is 6.23. The molecule has 0 amide bonds. The summed E-state index contributed by atoms with van der Waals surface area (Å²) in [5.41, 5.74) is 9.58. The number of benzene rings is 6. The van der Waals surface area contributed by atoms with Crippen molar-refractivity contribution < 1.29 is 4.42 Å². The largest absolute Gasteiger partial charge is 0.456 e. The van der Waals surface area contributed by atoms with E-state index in [0.717, 1.165) is 71.6 Å². The van der Waals surface area contributed by atoms with Crippen LogP contribution in [0.5, 0.6) is 0 Å². The highest BCUT2D eigenvalue weighted by Gasteiger charge is 2.21. The van der Waals surface area contributed by atoms with Gasteiger partial charge < -0.3 is 8.98 Å². The standard InChI is InChI=1S/C39H23N5O/c1-4-10-33-27(7-1)30-18-19-31-28-8-2-5-11-34(28)44(39-41-22-40-23-42-39)38(31)37(30)43(33)26-16-13-24(14-17-26)25-15-20-36-32(21-25)29-9-3-6-12-35(29)45-36/h1-23H. The summed E-state index contributed by atoms with van der Waals surface area (Å²) >= 11 is 0. The zero-order valence-electron chi connectivity index (χ0n) is 23.9. The number of fused-ring (bicyclic) bond motifs is 10. The fourth-order valence-corrected chi connectivity index (χ4v) is 7.03. The Hall–Kier alpha value is -6.27. The minimum absolute atomic E-state index is 0.595. The summed E-state index contributed by atoms with van der Waals surface area (Å²) in [5.74, 6) is 0.595. The van der Waals surface area contributed by atoms with Gasteiger partial charge in [0.15, 0.2) is 0 Å². The van der Waals surface area contributed by atoms with Crippen molar-refractivity contribution in [3.63, 3.8) is 0 Å². The molecule has 0 aliphatic heterocycles. The number of para-hydroxylation sites is 3. The van der Waals surface area contributed by atoms with Crippen LogP contribution in [0.1, 0.15) is 0 Å². The van der Waals surface area contributed by atoms with Crippen molar-refractivity contribution >= 4 is 65.6 Å². The lowest BCUT2D eigenvalue weighted by Gasteiger charge is -2.12. The third-order valence-corrected chi connectivity index (χ3v) is 8.98. The summed E-state index contributed by atoms with van der Waals surface area (Å²) < 4.78 is 10.6. The van der Waals surface area contributed by atoms with Gasteiger partial charge in [-0.2, -0.15) is 0 Å². The number of furan rings is 1. The van der Waals surface area contributed by atoms with Crippen LogP contribution in [0.15, 0.2) is 144 Å². The molecule has 0 radical (unpaired) electrons. The monoisotopic (exact) mass is 577 g/mol. The van der Waals surface area contributed by atoms with Crippen LogP contribution in [0.2, 0.25) is 0 Å². The number of aromatic nitrogens is 5. The van der Waals surface area contributed by atoms with Crippen molar-refractivity contribution in [3.8, 4) is 22.8 Å². The van der Waals surface area contributed by atoms with Crippen LogP contribution in [0.25, 0.3) is 88.3 Å². The predicted molar refractivity (Wildman–Crippen MR) is 181 cm³/mol. The van der Waals surface area contributed by atoms with E-state index in [2.05, 4.69) is 139 Å². The van der Waals surface area contributed by atoms with Gasteiger partial charge in [-0.05, 0) is 53.6 Å². The SMILES string of the molecule is c1ccc2c(c1)oc1ccc(-c3ccc(-n4c5ccccc5c5ccc6c7ccccc7n(-c7ncncn7)c6c54)cc3)cc12. The van der Waals surface area contributed by atoms with E-state index in [1.165, 1.54) is 10.8 Å². The summed E-state index contributed by atoms with van der Waals surface area (Å²) in [5, 5.41) is 6.95. The molecule has 4 heterocycles. The Morgan fingerprint density at radius 2 is 1.02 bits per heavy atom. The lowest BCUT2D eigenvalue weighted by Crippen LogP contribution is -2.02. The molecular weight excluding hydrogens is 554 g/mol. The van der Waals surface area contributed by atoms with Gasteiger partial charge in [-0.25, -0.2) is 15.0 Å². The maximum atomic E-state index is 6.07. The second-order valence-electron chi connectivity index (χ2n) is 11.4. The Labute approximate surface area is 256 Å². The molecule has 210 valence electrons. The van der Waals surface area contributed by atoms with Crippen LogP contribution in [0.3, 0.4) is 0 Å². The fraction of sp³-hybridized carbons (Fsp3) is 0. The van der Waals surface area contributed by atoms with Crippen LogP contribution in [-0.2, 0) is 0 Å². The van der Waals surface area contributed by atoms with E-state index >= 15 is 0 Å². The summed E-state index contributed by atoms with van der Waals surface area (Å²) in [6.07, 6.45) is 3.11. The topological polar surface area (TPSA) is 61.7 Å². The molecule has 4 aromatic heterocycles. The maximum absolute atomic E-state index is 6.07. The first-order valence-corrected chi connectivity index (χ1v) is 14.9. The Kier molecular flexibility index (Phi) is 4.90. The Morgan fingerprint density at radius 1 is 0.444 bits per heavy atom. The van der Waals surface area contributed by atoms with Crippen molar-refractivity contribution in [2.75, 3.05) is 0 Å². The molecule has 0 saturated carbocycles. The van der Waals surface area contributed by atoms with Gasteiger partial charge in [-0.15, -0.1) is 0 Å². The zero-order valence-corrected chi connectivity index (χ0v) is 23.9. The second kappa shape index (κ2) is 9.11. The van der Waals surface area contributed by atoms with E-state index in [0.29, 0.717) is 5.95 Å². The predicted octanol–water partition coefficient (Wildman–Crippen LogP) is 9.63. The third kappa shape index (κ3) is 3.42. The first-order chi connectivity index (χ1) is 22.3. The van der Waals surface area contributed by atoms with Crippen LogP contribution in [-0.4, -0.2) is 24.1 Å². The molecule has 6 nitrogen and oxygen atoms in total. The number of hydrogen-bond acceptors (Lipinski definition) is 4. The van der Waals surface area contributed by atoms with Crippen LogP contribution < -0.4 is 0 Å². The van der Waals surface area contributed by atoms with Crippen molar-refractivity contribution in [3.05, 3.63) is 140 Å². The minimum atomic E-state index is 0.595. The Bertz CT molecular complexity index is 2750. The quantitative estimate of drug-likeness (QED) is 0.210. The Balaban J connectivity index is 1.24. The maximum Gasteiger partial charge on any atom is 0.237 e. The van der Waals surface area contributed by atoms with E-state index in [9.17, 15) is 0 Å². The highest BCUT2D eigenvalue weighted by atomic mass is 16.3. The first-order valence-electron chi connectivity index (χ1n) is 14.9. The van der Waals surface area contributed by atoms with Gasteiger partial charge in [0.2, 0.25) is 5.95 Å². The lowest BCUT2D eigenvalue weighted by molar-refractivity contribution is 0.669. The van der Waals surface area contributed by atoms with E-state index in [1.807, 2.05) is 12.1 Å². The van der Waals surface area contributed by atoms with Gasteiger partial charge in [0, 0.05) is 38.0 Å². The molecule has 10 rings (SSSR count). The smallest absolute Gasteiger partial charge is 0.237 e. The van der Waals surface area contributed by atoms with Crippen molar-refractivity contribution in [2.45, 2.75) is 0 Å². The van der Waals surface area contributed by atoms with Gasteiger partial charge in [-0.1, -0.05) is 84.9 Å². The van der Waals surface area contributed by atoms with Crippen molar-refractivity contribution in [1.29, 1.82) is 0 Å². The van der Waals surface area contributed by atoms with Gasteiger partial charge >= 0.3 is 0 Å². The van der Waals surface area contributed by atoms with Crippen molar-refractivity contribution in [2.24, 2.45) is 0 Å². The van der Waals surface area contributed by atoms with Gasteiger partial charge in [0.1, 0.15) is 23.8 Å². The average Bonchev–Trinajstić information content (AvgIpc) is 3.76. The van der Waals surface area contributed by atoms with E-state index < -0.39 is 0 Å². The summed E-state index contributed by atoms with van der Waals surface area (Å²) in [6.45, 7) is 0. The van der Waals surface area contributed by atoms with Gasteiger partial charge in [0.25, 0.3) is 0 Å². The fourth-order valence-electron chi connectivity index (χ4n) is 7.03. The van der Waals surface area contributed by atoms with Crippen molar-refractivity contribution in [1.82, 2.24) is 24.1 Å². The van der Waals surface area contributed by atoms with Crippen LogP contribution >= 0.6 is 0 Å². The molecule has 0 atom stereocenters. The molecule has 0 fully saturated rings. The number of hydrogen-bond donors (Lipinski definition) is 0. The normalized spacial score (nSPS) is 12.0. The Morgan fingerprint density at radius 3 is 1.76 bits per heavy atom. The molecular formula is C39H23N5O. The average molecular weight is 578 g/mol. The van der Waals surface area contributed by atoms with Gasteiger partial charge in [-0.3, -0.25) is 4.57 Å². The highest BCUT2D eigenvalue weighted by Crippen LogP contribution is 2.41. The molecule has 0 aliphatic carbocycles. The van der Waals surface area contributed by atoms with E-state index in [4.69, 9.17) is 4.42 Å². The summed E-state index contributed by atoms with van der Waals surface area (Å²) in [4.78, 5) is 13.3. The van der Waals surface area contributed by atoms with E-state index in [-0.39, 0.29) is 0 Å². The molecule has 0 unspecified atom stereocenters. The summed E-state index contributed by atoms with van der Waals surface area (Å²) in [7, 11) is 0. The summed E-state index contributed by atoms with van der Waals surface area (Å²) in [6, 6.07) is 45.0. The molecule has 0 bridgehead atoms. The molecule has 10 aromatic rings. The first kappa shape index (κ1) is 24.2. The molecule has 45 heavy (non-hydrogen) atoms. The van der Waals surface area contributed by atoms with Crippen LogP contribution in [0.4, 0.5) is 0 Å². The second-order valence-corrected chi connectivity index (χ2v) is 11.4. The molecule has 6 aromatic carbocycles. The number of nitrogens with zero attached hydrogens (tertiary/aromatic N) is 5. The van der Waals surface area contributed by atoms with E-state index in [1.54, 1.807) is 12.7 Å². The molecule has 6 heteroatoms. The third-order valence-electron chi connectivity index (χ3n) is 8.98. The van der Waals surface area contributed by atoms with Crippen LogP contribution in [0, 0.1) is 0 Å².